The molecule has 8 nitrogen and oxygen atoms in total. The molecular formula is C10H14N2O6S2. The first-order valence-corrected chi connectivity index (χ1v) is 8.77. The minimum atomic E-state index is -3.88. The largest absolute Gasteiger partial charge is 0.478 e. The van der Waals surface area contributed by atoms with E-state index in [1.807, 2.05) is 0 Å². The molecule has 1 aromatic rings. The molecule has 0 fully saturated rings. The predicted octanol–water partition coefficient (Wildman–Crippen LogP) is -0.788. The average Bonchev–Trinajstić information content (AvgIpc) is 2.34. The molecule has 0 aliphatic heterocycles. The van der Waals surface area contributed by atoms with Gasteiger partial charge < -0.3 is 5.11 Å². The minimum Gasteiger partial charge on any atom is -0.478 e. The molecule has 0 spiro atoms. The fourth-order valence-corrected chi connectivity index (χ4v) is 2.85. The number of sulfonamides is 2. The molecule has 3 N–H and O–H groups in total. The Labute approximate surface area is 116 Å². The average molecular weight is 322 g/mol. The molecule has 0 aromatic heterocycles. The van der Waals surface area contributed by atoms with Crippen molar-refractivity contribution in [3.8, 4) is 0 Å². The van der Waals surface area contributed by atoms with Gasteiger partial charge in [-0.2, -0.15) is 0 Å². The summed E-state index contributed by atoms with van der Waals surface area (Å²) in [5, 5.41) is 8.79. The Morgan fingerprint density at radius 3 is 2.30 bits per heavy atom. The summed E-state index contributed by atoms with van der Waals surface area (Å²) in [6.07, 6.45) is 0.956. The van der Waals surface area contributed by atoms with Gasteiger partial charge in [0.25, 0.3) is 0 Å². The van der Waals surface area contributed by atoms with Crippen LogP contribution in [0.2, 0.25) is 0 Å². The van der Waals surface area contributed by atoms with E-state index in [2.05, 4.69) is 9.44 Å². The molecule has 0 saturated heterocycles. The number of benzene rings is 1. The first-order chi connectivity index (χ1) is 9.12. The lowest BCUT2D eigenvalue weighted by Gasteiger charge is -2.07. The maximum absolute atomic E-state index is 11.9. The summed E-state index contributed by atoms with van der Waals surface area (Å²) in [7, 11) is -7.27. The van der Waals surface area contributed by atoms with Crippen LogP contribution in [0, 0.1) is 0 Å². The third-order valence-electron chi connectivity index (χ3n) is 2.17. The van der Waals surface area contributed by atoms with Gasteiger partial charge >= 0.3 is 5.97 Å². The summed E-state index contributed by atoms with van der Waals surface area (Å²) in [4.78, 5) is 10.6. The Balaban J connectivity index is 2.74. The van der Waals surface area contributed by atoms with Crippen molar-refractivity contribution >= 4 is 26.0 Å². The highest BCUT2D eigenvalue weighted by Crippen LogP contribution is 2.11. The molecule has 10 heteroatoms. The van der Waals surface area contributed by atoms with Gasteiger partial charge in [-0.3, -0.25) is 0 Å². The van der Waals surface area contributed by atoms with Crippen molar-refractivity contribution in [2.75, 3.05) is 19.3 Å². The van der Waals surface area contributed by atoms with E-state index in [1.165, 1.54) is 18.2 Å². The third-order valence-corrected chi connectivity index (χ3v) is 4.36. The van der Waals surface area contributed by atoms with Crippen molar-refractivity contribution in [2.45, 2.75) is 4.90 Å². The van der Waals surface area contributed by atoms with Crippen LogP contribution in [-0.2, 0) is 20.0 Å². The van der Waals surface area contributed by atoms with Crippen LogP contribution in [-0.4, -0.2) is 47.3 Å². The molecule has 20 heavy (non-hydrogen) atoms. The van der Waals surface area contributed by atoms with Gasteiger partial charge in [0.05, 0.1) is 16.7 Å². The maximum Gasteiger partial charge on any atom is 0.335 e. The molecule has 0 saturated carbocycles. The predicted molar refractivity (Wildman–Crippen MR) is 71.4 cm³/mol. The zero-order valence-electron chi connectivity index (χ0n) is 10.5. The van der Waals surface area contributed by atoms with Crippen LogP contribution in [0.3, 0.4) is 0 Å². The third kappa shape index (κ3) is 5.25. The second-order valence-corrected chi connectivity index (χ2v) is 7.50. The molecule has 0 unspecified atom stereocenters. The van der Waals surface area contributed by atoms with Gasteiger partial charge in [-0.25, -0.2) is 31.1 Å². The lowest BCUT2D eigenvalue weighted by Crippen LogP contribution is -2.34. The van der Waals surface area contributed by atoms with Gasteiger partial charge in [-0.15, -0.1) is 0 Å². The van der Waals surface area contributed by atoms with Gasteiger partial charge in [0.2, 0.25) is 20.0 Å². The van der Waals surface area contributed by atoms with Crippen molar-refractivity contribution < 1.29 is 26.7 Å². The summed E-state index contributed by atoms with van der Waals surface area (Å²) in [6, 6.07) is 4.85. The molecular weight excluding hydrogens is 308 g/mol. The van der Waals surface area contributed by atoms with E-state index >= 15 is 0 Å². The van der Waals surface area contributed by atoms with Gasteiger partial charge in [0.1, 0.15) is 0 Å². The van der Waals surface area contributed by atoms with Crippen LogP contribution in [0.5, 0.6) is 0 Å². The van der Waals surface area contributed by atoms with E-state index in [9.17, 15) is 21.6 Å². The van der Waals surface area contributed by atoms with Crippen LogP contribution in [0.4, 0.5) is 0 Å². The molecule has 0 aliphatic carbocycles. The molecule has 0 heterocycles. The number of carboxylic acid groups (broad SMARTS) is 1. The van der Waals surface area contributed by atoms with E-state index < -0.39 is 26.0 Å². The Bertz CT molecular complexity index is 696. The molecule has 0 amide bonds. The van der Waals surface area contributed by atoms with Gasteiger partial charge in [-0.1, -0.05) is 6.07 Å². The van der Waals surface area contributed by atoms with E-state index in [1.54, 1.807) is 0 Å². The van der Waals surface area contributed by atoms with Gasteiger partial charge in [-0.05, 0) is 18.2 Å². The second kappa shape index (κ2) is 6.31. The first kappa shape index (κ1) is 16.6. The SMILES string of the molecule is CS(=O)(=O)NCCNS(=O)(=O)c1cccc(C(=O)O)c1. The van der Waals surface area contributed by atoms with Crippen LogP contribution < -0.4 is 9.44 Å². The fraction of sp³-hybridized carbons (Fsp3) is 0.300. The zero-order chi connectivity index (χ0) is 15.4. The van der Waals surface area contributed by atoms with Crippen LogP contribution >= 0.6 is 0 Å². The Morgan fingerprint density at radius 2 is 1.75 bits per heavy atom. The molecule has 0 atom stereocenters. The summed E-state index contributed by atoms with van der Waals surface area (Å²) < 4.78 is 49.6. The van der Waals surface area contributed by atoms with Crippen LogP contribution in [0.25, 0.3) is 0 Å². The first-order valence-electron chi connectivity index (χ1n) is 5.39. The summed E-state index contributed by atoms with van der Waals surface area (Å²) in [5.41, 5.74) is -0.151. The maximum atomic E-state index is 11.9. The van der Waals surface area contributed by atoms with E-state index in [0.29, 0.717) is 0 Å². The number of hydrogen-bond acceptors (Lipinski definition) is 5. The van der Waals surface area contributed by atoms with E-state index in [4.69, 9.17) is 5.11 Å². The normalized spacial score (nSPS) is 12.2. The lowest BCUT2D eigenvalue weighted by molar-refractivity contribution is 0.0696. The quantitative estimate of drug-likeness (QED) is 0.564. The smallest absolute Gasteiger partial charge is 0.335 e. The fourth-order valence-electron chi connectivity index (χ4n) is 1.30. The Hall–Kier alpha value is -1.49. The number of carboxylic acids is 1. The van der Waals surface area contributed by atoms with E-state index in [0.717, 1.165) is 12.3 Å². The molecule has 0 radical (unpaired) electrons. The van der Waals surface area contributed by atoms with Gasteiger partial charge in [0.15, 0.2) is 0 Å². The molecule has 1 rings (SSSR count). The highest BCUT2D eigenvalue weighted by atomic mass is 32.2. The van der Waals surface area contributed by atoms with Crippen LogP contribution in [0.1, 0.15) is 10.4 Å². The molecule has 112 valence electrons. The minimum absolute atomic E-state index is 0.101. The zero-order valence-corrected chi connectivity index (χ0v) is 12.2. The summed E-state index contributed by atoms with van der Waals surface area (Å²) in [5.74, 6) is -1.24. The van der Waals surface area contributed by atoms with Crippen molar-refractivity contribution in [1.82, 2.24) is 9.44 Å². The van der Waals surface area contributed by atoms with Crippen LogP contribution in [0.15, 0.2) is 29.2 Å². The molecule has 1 aromatic carbocycles. The lowest BCUT2D eigenvalue weighted by atomic mass is 10.2. The van der Waals surface area contributed by atoms with E-state index in [-0.39, 0.29) is 23.5 Å². The van der Waals surface area contributed by atoms with Crippen molar-refractivity contribution in [3.63, 3.8) is 0 Å². The number of rotatable bonds is 7. The van der Waals surface area contributed by atoms with Gasteiger partial charge in [0, 0.05) is 13.1 Å². The number of carbonyl (C=O) groups is 1. The summed E-state index contributed by atoms with van der Waals surface area (Å²) >= 11 is 0. The number of aromatic carboxylic acids is 1. The Morgan fingerprint density at radius 1 is 1.15 bits per heavy atom. The summed E-state index contributed by atoms with van der Waals surface area (Å²) in [6.45, 7) is -0.247. The van der Waals surface area contributed by atoms with Crippen molar-refractivity contribution in [2.24, 2.45) is 0 Å². The molecule has 0 aliphatic rings. The standard InChI is InChI=1S/C10H14N2O6S2/c1-19(15,16)11-5-6-12-20(17,18)9-4-2-3-8(7-9)10(13)14/h2-4,7,11-12H,5-6H2,1H3,(H,13,14). The highest BCUT2D eigenvalue weighted by Gasteiger charge is 2.15. The molecule has 0 bridgehead atoms. The number of hydrogen-bond donors (Lipinski definition) is 3. The Kier molecular flexibility index (Phi) is 5.22. The van der Waals surface area contributed by atoms with Crippen molar-refractivity contribution in [1.29, 1.82) is 0 Å². The number of nitrogens with one attached hydrogen (secondary N) is 2. The monoisotopic (exact) mass is 322 g/mol. The highest BCUT2D eigenvalue weighted by molar-refractivity contribution is 7.89. The topological polar surface area (TPSA) is 130 Å². The van der Waals surface area contributed by atoms with Crippen molar-refractivity contribution in [3.05, 3.63) is 29.8 Å². The second-order valence-electron chi connectivity index (χ2n) is 3.90.